The van der Waals surface area contributed by atoms with Crippen LogP contribution in [0.5, 0.6) is 0 Å². The van der Waals surface area contributed by atoms with Crippen molar-refractivity contribution in [2.75, 3.05) is 13.6 Å². The number of likely N-dealkylation sites (N-methyl/N-ethyl adjacent to an activating group) is 1. The first-order chi connectivity index (χ1) is 8.69. The number of rotatable bonds is 5. The van der Waals surface area contributed by atoms with Crippen molar-refractivity contribution >= 4 is 27.3 Å². The quantitative estimate of drug-likeness (QED) is 0.868. The Kier molecular flexibility index (Phi) is 4.92. The molecule has 0 saturated heterocycles. The lowest BCUT2D eigenvalue weighted by atomic mass is 9.95. The summed E-state index contributed by atoms with van der Waals surface area (Å²) in [5, 5.41) is 3.21. The van der Waals surface area contributed by atoms with Crippen LogP contribution in [0.25, 0.3) is 0 Å². The van der Waals surface area contributed by atoms with Crippen molar-refractivity contribution in [1.82, 2.24) is 5.32 Å². The summed E-state index contributed by atoms with van der Waals surface area (Å²) < 4.78 is 14.1. The fourth-order valence-electron chi connectivity index (χ4n) is 1.99. The van der Waals surface area contributed by atoms with Crippen LogP contribution < -0.4 is 5.32 Å². The van der Waals surface area contributed by atoms with Crippen LogP contribution in [0.2, 0.25) is 0 Å². The highest BCUT2D eigenvalue weighted by Gasteiger charge is 2.13. The minimum Gasteiger partial charge on any atom is -0.319 e. The Morgan fingerprint density at radius 1 is 1.22 bits per heavy atom. The van der Waals surface area contributed by atoms with Crippen LogP contribution in [0.1, 0.15) is 16.4 Å². The summed E-state index contributed by atoms with van der Waals surface area (Å²) in [4.78, 5) is 1.34. The Balaban J connectivity index is 2.14. The van der Waals surface area contributed by atoms with Crippen LogP contribution in [0, 0.1) is 5.82 Å². The molecule has 0 spiro atoms. The van der Waals surface area contributed by atoms with Gasteiger partial charge >= 0.3 is 0 Å². The van der Waals surface area contributed by atoms with E-state index in [1.54, 1.807) is 11.3 Å². The maximum Gasteiger partial charge on any atom is 0.123 e. The van der Waals surface area contributed by atoms with Gasteiger partial charge in [-0.1, -0.05) is 12.1 Å². The van der Waals surface area contributed by atoms with Gasteiger partial charge in [-0.05, 0) is 59.2 Å². The fourth-order valence-corrected chi connectivity index (χ4v) is 3.56. The number of nitrogens with one attached hydrogen (secondary N) is 1. The van der Waals surface area contributed by atoms with Crippen molar-refractivity contribution in [3.05, 3.63) is 56.4 Å². The van der Waals surface area contributed by atoms with Crippen LogP contribution in [0.3, 0.4) is 0 Å². The van der Waals surface area contributed by atoms with Crippen LogP contribution in [-0.2, 0) is 6.42 Å². The number of halogens is 2. The Labute approximate surface area is 119 Å². The van der Waals surface area contributed by atoms with E-state index in [-0.39, 0.29) is 5.82 Å². The van der Waals surface area contributed by atoms with Crippen LogP contribution in [0.4, 0.5) is 4.39 Å². The second kappa shape index (κ2) is 6.45. The van der Waals surface area contributed by atoms with Gasteiger partial charge in [0, 0.05) is 17.3 Å². The van der Waals surface area contributed by atoms with E-state index in [4.69, 9.17) is 0 Å². The van der Waals surface area contributed by atoms with Gasteiger partial charge in [0.2, 0.25) is 0 Å². The fraction of sp³-hybridized carbons (Fsp3) is 0.286. The maximum absolute atomic E-state index is 12.9. The molecule has 18 heavy (non-hydrogen) atoms. The van der Waals surface area contributed by atoms with Gasteiger partial charge in [-0.25, -0.2) is 4.39 Å². The van der Waals surface area contributed by atoms with Gasteiger partial charge in [0.1, 0.15) is 5.82 Å². The first kappa shape index (κ1) is 13.7. The third kappa shape index (κ3) is 3.64. The zero-order chi connectivity index (χ0) is 13.0. The molecule has 1 atom stereocenters. The smallest absolute Gasteiger partial charge is 0.123 e. The van der Waals surface area contributed by atoms with E-state index in [1.807, 2.05) is 19.2 Å². The number of hydrogen-bond acceptors (Lipinski definition) is 2. The Hall–Kier alpha value is -0.710. The number of thiophene rings is 1. The van der Waals surface area contributed by atoms with E-state index >= 15 is 0 Å². The highest BCUT2D eigenvalue weighted by Crippen LogP contribution is 2.28. The van der Waals surface area contributed by atoms with Crippen molar-refractivity contribution < 1.29 is 4.39 Å². The van der Waals surface area contributed by atoms with Crippen LogP contribution in [0.15, 0.2) is 40.2 Å². The molecule has 1 unspecified atom stereocenters. The molecule has 1 heterocycles. The van der Waals surface area contributed by atoms with Crippen molar-refractivity contribution in [1.29, 1.82) is 0 Å². The predicted molar refractivity (Wildman–Crippen MR) is 78.8 cm³/mol. The lowest BCUT2D eigenvalue weighted by Gasteiger charge is -2.16. The van der Waals surface area contributed by atoms with Crippen molar-refractivity contribution in [3.63, 3.8) is 0 Å². The molecule has 1 N–H and O–H groups in total. The Morgan fingerprint density at radius 3 is 2.50 bits per heavy atom. The molecule has 1 aromatic heterocycles. The van der Waals surface area contributed by atoms with E-state index in [9.17, 15) is 4.39 Å². The van der Waals surface area contributed by atoms with Crippen molar-refractivity contribution in [2.24, 2.45) is 0 Å². The second-order valence-electron chi connectivity index (χ2n) is 4.22. The van der Waals surface area contributed by atoms with Gasteiger partial charge in [-0.3, -0.25) is 0 Å². The zero-order valence-electron chi connectivity index (χ0n) is 10.1. The molecule has 2 rings (SSSR count). The van der Waals surface area contributed by atoms with E-state index in [0.29, 0.717) is 5.92 Å². The lowest BCUT2D eigenvalue weighted by Crippen LogP contribution is -2.18. The first-order valence-electron chi connectivity index (χ1n) is 5.83. The van der Waals surface area contributed by atoms with Gasteiger partial charge in [0.05, 0.1) is 3.79 Å². The average Bonchev–Trinajstić information content (AvgIpc) is 2.75. The molecule has 96 valence electrons. The molecule has 0 saturated carbocycles. The lowest BCUT2D eigenvalue weighted by molar-refractivity contribution is 0.613. The minimum absolute atomic E-state index is 0.180. The highest BCUT2D eigenvalue weighted by molar-refractivity contribution is 9.11. The van der Waals surface area contributed by atoms with Gasteiger partial charge in [-0.2, -0.15) is 0 Å². The monoisotopic (exact) mass is 327 g/mol. The van der Waals surface area contributed by atoms with E-state index in [2.05, 4.69) is 33.4 Å². The van der Waals surface area contributed by atoms with Gasteiger partial charge in [-0.15, -0.1) is 11.3 Å². The molecule has 1 nitrogen and oxygen atoms in total. The Bertz CT molecular complexity index is 495. The van der Waals surface area contributed by atoms with E-state index in [1.165, 1.54) is 22.6 Å². The molecular weight excluding hydrogens is 313 g/mol. The minimum atomic E-state index is -0.180. The third-order valence-corrected chi connectivity index (χ3v) is 4.51. The number of benzene rings is 1. The molecule has 0 aliphatic carbocycles. The van der Waals surface area contributed by atoms with Gasteiger partial charge in [0.25, 0.3) is 0 Å². The molecule has 0 amide bonds. The molecule has 2 aromatic rings. The molecule has 0 aliphatic heterocycles. The van der Waals surface area contributed by atoms with Crippen molar-refractivity contribution in [2.45, 2.75) is 12.3 Å². The third-order valence-electron chi connectivity index (χ3n) is 2.87. The molecule has 1 aromatic carbocycles. The van der Waals surface area contributed by atoms with E-state index in [0.717, 1.165) is 16.8 Å². The zero-order valence-corrected chi connectivity index (χ0v) is 12.5. The average molecular weight is 328 g/mol. The van der Waals surface area contributed by atoms with Gasteiger partial charge < -0.3 is 5.32 Å². The molecule has 4 heteroatoms. The Morgan fingerprint density at radius 2 is 1.94 bits per heavy atom. The summed E-state index contributed by atoms with van der Waals surface area (Å²) in [7, 11) is 1.95. The summed E-state index contributed by atoms with van der Waals surface area (Å²) in [6.45, 7) is 0.890. The second-order valence-corrected chi connectivity index (χ2v) is 6.76. The topological polar surface area (TPSA) is 12.0 Å². The largest absolute Gasteiger partial charge is 0.319 e. The summed E-state index contributed by atoms with van der Waals surface area (Å²) in [5.74, 6) is 0.196. The highest BCUT2D eigenvalue weighted by atomic mass is 79.9. The van der Waals surface area contributed by atoms with Crippen LogP contribution in [-0.4, -0.2) is 13.6 Å². The molecule has 0 bridgehead atoms. The molecule has 0 radical (unpaired) electrons. The summed E-state index contributed by atoms with van der Waals surface area (Å²) in [6.07, 6.45) is 0.975. The molecule has 0 fully saturated rings. The summed E-state index contributed by atoms with van der Waals surface area (Å²) >= 11 is 5.23. The maximum atomic E-state index is 12.9. The predicted octanol–water partition coefficient (Wildman–Crippen LogP) is 4.20. The van der Waals surface area contributed by atoms with Gasteiger partial charge in [0.15, 0.2) is 0 Å². The number of hydrogen-bond donors (Lipinski definition) is 1. The standard InChI is InChI=1S/C14H15BrFNS/c1-17-9-11(8-13-6-7-14(15)18-13)10-2-4-12(16)5-3-10/h2-7,11,17H,8-9H2,1H3. The summed E-state index contributed by atoms with van der Waals surface area (Å²) in [6, 6.07) is 11.0. The molecular formula is C14H15BrFNS. The summed E-state index contributed by atoms with van der Waals surface area (Å²) in [5.41, 5.74) is 1.18. The van der Waals surface area contributed by atoms with Crippen molar-refractivity contribution in [3.8, 4) is 0 Å². The van der Waals surface area contributed by atoms with Crippen LogP contribution >= 0.6 is 27.3 Å². The van der Waals surface area contributed by atoms with E-state index < -0.39 is 0 Å². The first-order valence-corrected chi connectivity index (χ1v) is 7.44. The molecule has 0 aliphatic rings. The SMILES string of the molecule is CNCC(Cc1ccc(Br)s1)c1ccc(F)cc1. The normalized spacial score (nSPS) is 12.6.